The average Bonchev–Trinajstić information content (AvgIpc) is 2.60. The van der Waals surface area contributed by atoms with Crippen LogP contribution in [0.15, 0.2) is 42.5 Å². The van der Waals surface area contributed by atoms with Crippen molar-refractivity contribution in [3.8, 4) is 5.75 Å². The Morgan fingerprint density at radius 2 is 1.71 bits per heavy atom. The zero-order valence-corrected chi connectivity index (χ0v) is 18.1. The van der Waals surface area contributed by atoms with Gasteiger partial charge in [0, 0.05) is 16.6 Å². The summed E-state index contributed by atoms with van der Waals surface area (Å²) in [5.74, 6) is 0.334. The molecule has 0 heterocycles. The third-order valence-corrected chi connectivity index (χ3v) is 5.74. The number of methoxy groups -OCH3 is 1. The van der Waals surface area contributed by atoms with Crippen molar-refractivity contribution < 1.29 is 17.9 Å². The molecule has 152 valence electrons. The highest BCUT2D eigenvalue weighted by molar-refractivity contribution is 7.92. The van der Waals surface area contributed by atoms with Gasteiger partial charge in [-0.1, -0.05) is 35.3 Å². The second kappa shape index (κ2) is 9.49. The maximum Gasteiger partial charge on any atom is 0.243 e. The number of hydrogen-bond acceptors (Lipinski definition) is 4. The van der Waals surface area contributed by atoms with E-state index in [4.69, 9.17) is 27.9 Å². The number of carbonyl (C=O) groups is 1. The van der Waals surface area contributed by atoms with Crippen molar-refractivity contribution in [2.45, 2.75) is 19.4 Å². The molecule has 0 aliphatic heterocycles. The SMILES string of the molecule is COc1ccc(CCNC(=O)[C@@H](C)N(c2cc(Cl)cc(Cl)c2)S(C)(=O)=O)cc1. The van der Waals surface area contributed by atoms with Crippen molar-refractivity contribution in [3.63, 3.8) is 0 Å². The van der Waals surface area contributed by atoms with E-state index in [0.717, 1.165) is 21.9 Å². The monoisotopic (exact) mass is 444 g/mol. The van der Waals surface area contributed by atoms with Crippen molar-refractivity contribution in [3.05, 3.63) is 58.1 Å². The molecule has 0 saturated heterocycles. The van der Waals surface area contributed by atoms with Gasteiger partial charge in [-0.15, -0.1) is 0 Å². The predicted molar refractivity (Wildman–Crippen MR) is 113 cm³/mol. The quantitative estimate of drug-likeness (QED) is 0.675. The number of nitrogens with one attached hydrogen (secondary N) is 1. The molecule has 2 aromatic rings. The maximum absolute atomic E-state index is 12.6. The zero-order valence-electron chi connectivity index (χ0n) is 15.8. The molecule has 0 saturated carbocycles. The second-order valence-corrected chi connectivity index (χ2v) is 8.98. The molecule has 6 nitrogen and oxygen atoms in total. The number of hydrogen-bond donors (Lipinski definition) is 1. The summed E-state index contributed by atoms with van der Waals surface area (Å²) in [6.07, 6.45) is 1.63. The molecule has 2 aromatic carbocycles. The summed E-state index contributed by atoms with van der Waals surface area (Å²) >= 11 is 12.0. The van der Waals surface area contributed by atoms with Gasteiger partial charge < -0.3 is 10.1 Å². The molecule has 0 fully saturated rings. The molecule has 0 aromatic heterocycles. The molecule has 0 aliphatic rings. The predicted octanol–water partition coefficient (Wildman–Crippen LogP) is 3.52. The summed E-state index contributed by atoms with van der Waals surface area (Å²) < 4.78 is 30.7. The first kappa shape index (κ1) is 22.3. The van der Waals surface area contributed by atoms with Crippen LogP contribution < -0.4 is 14.4 Å². The molecule has 9 heteroatoms. The molecule has 1 atom stereocenters. The van der Waals surface area contributed by atoms with Crippen LogP contribution in [0, 0.1) is 0 Å². The van der Waals surface area contributed by atoms with Crippen LogP contribution in [0.1, 0.15) is 12.5 Å². The Bertz CT molecular complexity index is 913. The van der Waals surface area contributed by atoms with Crippen LogP contribution in [0.25, 0.3) is 0 Å². The van der Waals surface area contributed by atoms with E-state index in [1.807, 2.05) is 24.3 Å². The number of benzene rings is 2. The number of ether oxygens (including phenoxy) is 1. The molecule has 0 bridgehead atoms. The van der Waals surface area contributed by atoms with E-state index in [-0.39, 0.29) is 15.7 Å². The van der Waals surface area contributed by atoms with Gasteiger partial charge in [0.05, 0.1) is 19.1 Å². The van der Waals surface area contributed by atoms with Crippen LogP contribution >= 0.6 is 23.2 Å². The molecule has 1 amide bonds. The Kier molecular flexibility index (Phi) is 7.57. The van der Waals surface area contributed by atoms with Crippen molar-refractivity contribution in [2.75, 3.05) is 24.2 Å². The van der Waals surface area contributed by atoms with E-state index in [9.17, 15) is 13.2 Å². The summed E-state index contributed by atoms with van der Waals surface area (Å²) in [5.41, 5.74) is 1.26. The molecule has 0 spiro atoms. The highest BCUT2D eigenvalue weighted by atomic mass is 35.5. The van der Waals surface area contributed by atoms with Gasteiger partial charge in [0.15, 0.2) is 0 Å². The number of sulfonamides is 1. The van der Waals surface area contributed by atoms with E-state index in [1.165, 1.54) is 25.1 Å². The molecular formula is C19H22Cl2N2O4S. The minimum Gasteiger partial charge on any atom is -0.497 e. The van der Waals surface area contributed by atoms with Gasteiger partial charge in [-0.2, -0.15) is 0 Å². The van der Waals surface area contributed by atoms with Crippen molar-refractivity contribution in [1.82, 2.24) is 5.32 Å². The summed E-state index contributed by atoms with van der Waals surface area (Å²) in [6, 6.07) is 10.9. The highest BCUT2D eigenvalue weighted by Gasteiger charge is 2.29. The van der Waals surface area contributed by atoms with E-state index < -0.39 is 22.0 Å². The fourth-order valence-corrected chi connectivity index (χ4v) is 4.42. The van der Waals surface area contributed by atoms with Gasteiger partial charge in [0.1, 0.15) is 11.8 Å². The van der Waals surface area contributed by atoms with Gasteiger partial charge in [0.25, 0.3) is 0 Å². The summed E-state index contributed by atoms with van der Waals surface area (Å²) in [4.78, 5) is 12.6. The Labute approximate surface area is 175 Å². The number of amides is 1. The number of nitrogens with zero attached hydrogens (tertiary/aromatic N) is 1. The first-order valence-electron chi connectivity index (χ1n) is 8.48. The summed E-state index contributed by atoms with van der Waals surface area (Å²) in [5, 5.41) is 3.33. The standard InChI is InChI=1S/C19H22Cl2N2O4S/c1-13(19(24)22-9-8-14-4-6-18(27-2)7-5-14)23(28(3,25)26)17-11-15(20)10-16(21)12-17/h4-7,10-13H,8-9H2,1-3H3,(H,22,24)/t13-/m1/s1. The van der Waals surface area contributed by atoms with Gasteiger partial charge >= 0.3 is 0 Å². The van der Waals surface area contributed by atoms with Crippen LogP contribution in [-0.2, 0) is 21.2 Å². The number of anilines is 1. The Hall–Kier alpha value is -1.96. The van der Waals surface area contributed by atoms with Crippen LogP contribution in [-0.4, -0.2) is 40.3 Å². The minimum atomic E-state index is -3.74. The topological polar surface area (TPSA) is 75.7 Å². The van der Waals surface area contributed by atoms with Crippen LogP contribution in [0.4, 0.5) is 5.69 Å². The number of halogens is 2. The van der Waals surface area contributed by atoms with Gasteiger partial charge in [0.2, 0.25) is 15.9 Å². The van der Waals surface area contributed by atoms with Crippen LogP contribution in [0.2, 0.25) is 10.0 Å². The van der Waals surface area contributed by atoms with Gasteiger partial charge in [-0.25, -0.2) is 8.42 Å². The largest absolute Gasteiger partial charge is 0.497 e. The Balaban J connectivity index is 2.08. The lowest BCUT2D eigenvalue weighted by molar-refractivity contribution is -0.121. The third kappa shape index (κ3) is 6.02. The normalized spacial score (nSPS) is 12.3. The summed E-state index contributed by atoms with van der Waals surface area (Å²) in [7, 11) is -2.14. The van der Waals surface area contributed by atoms with E-state index in [0.29, 0.717) is 13.0 Å². The van der Waals surface area contributed by atoms with Gasteiger partial charge in [-0.05, 0) is 49.2 Å². The first-order chi connectivity index (χ1) is 13.1. The molecule has 0 radical (unpaired) electrons. The second-order valence-electron chi connectivity index (χ2n) is 6.25. The molecule has 0 aliphatic carbocycles. The van der Waals surface area contributed by atoms with Crippen molar-refractivity contribution in [2.24, 2.45) is 0 Å². The molecule has 1 N–H and O–H groups in total. The van der Waals surface area contributed by atoms with Gasteiger partial charge in [-0.3, -0.25) is 9.10 Å². The zero-order chi connectivity index (χ0) is 20.9. The smallest absolute Gasteiger partial charge is 0.243 e. The lowest BCUT2D eigenvalue weighted by Gasteiger charge is -2.28. The molecule has 2 rings (SSSR count). The molecular weight excluding hydrogens is 423 g/mol. The fraction of sp³-hybridized carbons (Fsp3) is 0.316. The minimum absolute atomic E-state index is 0.234. The van der Waals surface area contributed by atoms with E-state index in [2.05, 4.69) is 5.32 Å². The lowest BCUT2D eigenvalue weighted by Crippen LogP contribution is -2.48. The van der Waals surface area contributed by atoms with Crippen molar-refractivity contribution >= 4 is 44.8 Å². The molecule has 28 heavy (non-hydrogen) atoms. The average molecular weight is 445 g/mol. The lowest BCUT2D eigenvalue weighted by atomic mass is 10.1. The summed E-state index contributed by atoms with van der Waals surface area (Å²) in [6.45, 7) is 1.88. The number of rotatable bonds is 8. The Morgan fingerprint density at radius 1 is 1.14 bits per heavy atom. The van der Waals surface area contributed by atoms with Crippen LogP contribution in [0.5, 0.6) is 5.75 Å². The van der Waals surface area contributed by atoms with E-state index >= 15 is 0 Å². The third-order valence-electron chi connectivity index (χ3n) is 4.06. The maximum atomic E-state index is 12.6. The first-order valence-corrected chi connectivity index (χ1v) is 11.1. The van der Waals surface area contributed by atoms with Crippen molar-refractivity contribution in [1.29, 1.82) is 0 Å². The van der Waals surface area contributed by atoms with Crippen LogP contribution in [0.3, 0.4) is 0 Å². The molecule has 0 unspecified atom stereocenters. The van der Waals surface area contributed by atoms with E-state index in [1.54, 1.807) is 7.11 Å². The number of carbonyl (C=O) groups excluding carboxylic acids is 1. The fourth-order valence-electron chi connectivity index (χ4n) is 2.75. The highest BCUT2D eigenvalue weighted by Crippen LogP contribution is 2.28. The Morgan fingerprint density at radius 3 is 2.21 bits per heavy atom.